The third kappa shape index (κ3) is 3.81. The molecule has 0 radical (unpaired) electrons. The molecule has 0 saturated carbocycles. The van der Waals surface area contributed by atoms with E-state index in [4.69, 9.17) is 0 Å². The van der Waals surface area contributed by atoms with Crippen LogP contribution < -0.4 is 10.2 Å². The lowest BCUT2D eigenvalue weighted by atomic mass is 10.0. The maximum absolute atomic E-state index is 4.47. The molecular formula is C14H23BrN4. The van der Waals surface area contributed by atoms with Crippen LogP contribution in [0.5, 0.6) is 0 Å². The maximum atomic E-state index is 4.47. The van der Waals surface area contributed by atoms with Crippen LogP contribution in [0.1, 0.15) is 39.5 Å². The Bertz CT molecular complexity index is 410. The Morgan fingerprint density at radius 2 is 2.21 bits per heavy atom. The summed E-state index contributed by atoms with van der Waals surface area (Å²) in [5, 5.41) is 3.34. The number of nitrogens with zero attached hydrogens (tertiary/aromatic N) is 3. The summed E-state index contributed by atoms with van der Waals surface area (Å²) >= 11 is 3.66. The second kappa shape index (κ2) is 7.08. The number of hydrogen-bond acceptors (Lipinski definition) is 4. The minimum atomic E-state index is 0.822. The van der Waals surface area contributed by atoms with E-state index in [9.17, 15) is 0 Å². The monoisotopic (exact) mass is 326 g/mol. The zero-order valence-electron chi connectivity index (χ0n) is 11.8. The first-order valence-corrected chi connectivity index (χ1v) is 8.01. The first-order valence-electron chi connectivity index (χ1n) is 7.21. The maximum Gasteiger partial charge on any atom is 0.148 e. The normalized spacial score (nSPS) is 20.2. The molecule has 1 aromatic heterocycles. The van der Waals surface area contributed by atoms with Crippen molar-refractivity contribution in [1.29, 1.82) is 0 Å². The molecule has 1 fully saturated rings. The zero-order valence-corrected chi connectivity index (χ0v) is 13.4. The fraction of sp³-hybridized carbons (Fsp3) is 0.714. The molecule has 1 aromatic rings. The number of halogens is 1. The number of aromatic nitrogens is 2. The average molecular weight is 327 g/mol. The van der Waals surface area contributed by atoms with Gasteiger partial charge in [-0.15, -0.1) is 0 Å². The first-order chi connectivity index (χ1) is 9.22. The van der Waals surface area contributed by atoms with Crippen molar-refractivity contribution in [2.24, 2.45) is 5.92 Å². The minimum Gasteiger partial charge on any atom is -0.369 e. The van der Waals surface area contributed by atoms with Gasteiger partial charge in [-0.25, -0.2) is 9.97 Å². The zero-order chi connectivity index (χ0) is 13.7. The topological polar surface area (TPSA) is 41.1 Å². The minimum absolute atomic E-state index is 0.822. The number of rotatable bonds is 4. The van der Waals surface area contributed by atoms with Gasteiger partial charge < -0.3 is 10.2 Å². The highest BCUT2D eigenvalue weighted by Gasteiger charge is 2.18. The van der Waals surface area contributed by atoms with Gasteiger partial charge in [-0.1, -0.05) is 13.8 Å². The van der Waals surface area contributed by atoms with Crippen molar-refractivity contribution < 1.29 is 0 Å². The van der Waals surface area contributed by atoms with Crippen LogP contribution in [0.4, 0.5) is 11.6 Å². The molecule has 5 heteroatoms. The molecule has 1 atom stereocenters. The molecule has 2 heterocycles. The van der Waals surface area contributed by atoms with E-state index in [1.807, 2.05) is 0 Å². The van der Waals surface area contributed by atoms with Gasteiger partial charge in [-0.3, -0.25) is 0 Å². The van der Waals surface area contributed by atoms with Gasteiger partial charge in [0.05, 0.1) is 0 Å². The SMILES string of the molecule is CCCNc1ncnc(N2CCCC(C)CC2)c1Br. The predicted molar refractivity (Wildman–Crippen MR) is 83.7 cm³/mol. The Hall–Kier alpha value is -0.840. The summed E-state index contributed by atoms with van der Waals surface area (Å²) in [7, 11) is 0. The van der Waals surface area contributed by atoms with Gasteiger partial charge in [0.15, 0.2) is 0 Å². The summed E-state index contributed by atoms with van der Waals surface area (Å²) in [5.41, 5.74) is 0. The van der Waals surface area contributed by atoms with Crippen molar-refractivity contribution in [3.63, 3.8) is 0 Å². The van der Waals surface area contributed by atoms with Gasteiger partial charge >= 0.3 is 0 Å². The second-order valence-corrected chi connectivity index (χ2v) is 6.10. The van der Waals surface area contributed by atoms with Crippen LogP contribution >= 0.6 is 15.9 Å². The molecule has 0 aliphatic carbocycles. The Morgan fingerprint density at radius 1 is 1.37 bits per heavy atom. The van der Waals surface area contributed by atoms with E-state index in [0.29, 0.717) is 0 Å². The smallest absolute Gasteiger partial charge is 0.148 e. The first kappa shape index (κ1) is 14.6. The van der Waals surface area contributed by atoms with Crippen LogP contribution in [0.15, 0.2) is 10.8 Å². The summed E-state index contributed by atoms with van der Waals surface area (Å²) in [4.78, 5) is 11.2. The largest absolute Gasteiger partial charge is 0.369 e. The highest BCUT2D eigenvalue weighted by molar-refractivity contribution is 9.10. The third-order valence-corrected chi connectivity index (χ3v) is 4.36. The van der Waals surface area contributed by atoms with Crippen LogP contribution in [0, 0.1) is 5.92 Å². The van der Waals surface area contributed by atoms with Gasteiger partial charge in [0.25, 0.3) is 0 Å². The van der Waals surface area contributed by atoms with Crippen molar-refractivity contribution in [2.75, 3.05) is 29.9 Å². The quantitative estimate of drug-likeness (QED) is 0.916. The van der Waals surface area contributed by atoms with Crippen molar-refractivity contribution in [1.82, 2.24) is 9.97 Å². The van der Waals surface area contributed by atoms with E-state index in [1.165, 1.54) is 19.3 Å². The summed E-state index contributed by atoms with van der Waals surface area (Å²) in [6, 6.07) is 0. The van der Waals surface area contributed by atoms with Gasteiger partial charge in [0, 0.05) is 19.6 Å². The molecule has 4 nitrogen and oxygen atoms in total. The highest BCUT2D eigenvalue weighted by atomic mass is 79.9. The van der Waals surface area contributed by atoms with Crippen LogP contribution in [0.3, 0.4) is 0 Å². The highest BCUT2D eigenvalue weighted by Crippen LogP contribution is 2.31. The molecule has 1 aliphatic rings. The number of anilines is 2. The number of hydrogen-bond donors (Lipinski definition) is 1. The lowest BCUT2D eigenvalue weighted by Gasteiger charge is -2.23. The van der Waals surface area contributed by atoms with Gasteiger partial charge in [0.1, 0.15) is 22.4 Å². The molecule has 2 rings (SSSR count). The lowest BCUT2D eigenvalue weighted by Crippen LogP contribution is -2.26. The van der Waals surface area contributed by atoms with Crippen molar-refractivity contribution in [3.8, 4) is 0 Å². The van der Waals surface area contributed by atoms with E-state index in [1.54, 1.807) is 6.33 Å². The Labute approximate surface area is 124 Å². The van der Waals surface area contributed by atoms with Crippen LogP contribution in [0.25, 0.3) is 0 Å². The molecule has 0 bridgehead atoms. The molecule has 1 N–H and O–H groups in total. The summed E-state index contributed by atoms with van der Waals surface area (Å²) in [5.74, 6) is 2.76. The molecule has 0 spiro atoms. The average Bonchev–Trinajstić information content (AvgIpc) is 2.62. The predicted octanol–water partition coefficient (Wildman–Crippen LogP) is 3.69. The van der Waals surface area contributed by atoms with Crippen molar-refractivity contribution >= 4 is 27.6 Å². The molecule has 1 unspecified atom stereocenters. The van der Waals surface area contributed by atoms with Crippen LogP contribution in [-0.2, 0) is 0 Å². The fourth-order valence-electron chi connectivity index (χ4n) is 2.42. The van der Waals surface area contributed by atoms with E-state index in [-0.39, 0.29) is 0 Å². The van der Waals surface area contributed by atoms with Gasteiger partial charge in [-0.2, -0.15) is 0 Å². The summed E-state index contributed by atoms with van der Waals surface area (Å²) < 4.78 is 0.998. The Kier molecular flexibility index (Phi) is 5.43. The Morgan fingerprint density at radius 3 is 3.00 bits per heavy atom. The number of nitrogens with one attached hydrogen (secondary N) is 1. The molecule has 0 amide bonds. The third-order valence-electron chi connectivity index (χ3n) is 3.63. The van der Waals surface area contributed by atoms with Gasteiger partial charge in [0.2, 0.25) is 0 Å². The second-order valence-electron chi connectivity index (χ2n) is 5.31. The molecule has 1 saturated heterocycles. The molecular weight excluding hydrogens is 304 g/mol. The van der Waals surface area contributed by atoms with Gasteiger partial charge in [-0.05, 0) is 47.5 Å². The molecule has 0 aromatic carbocycles. The van der Waals surface area contributed by atoms with Crippen LogP contribution in [0.2, 0.25) is 0 Å². The molecule has 1 aliphatic heterocycles. The summed E-state index contributed by atoms with van der Waals surface area (Å²) in [6.07, 6.45) is 6.56. The fourth-order valence-corrected chi connectivity index (χ4v) is 3.02. The van der Waals surface area contributed by atoms with E-state index < -0.39 is 0 Å². The summed E-state index contributed by atoms with van der Waals surface area (Å²) in [6.45, 7) is 7.61. The molecule has 19 heavy (non-hydrogen) atoms. The Balaban J connectivity index is 2.14. The van der Waals surface area contributed by atoms with Crippen molar-refractivity contribution in [3.05, 3.63) is 10.8 Å². The van der Waals surface area contributed by atoms with Crippen molar-refractivity contribution in [2.45, 2.75) is 39.5 Å². The van der Waals surface area contributed by atoms with E-state index in [0.717, 1.165) is 48.1 Å². The lowest BCUT2D eigenvalue weighted by molar-refractivity contribution is 0.521. The van der Waals surface area contributed by atoms with E-state index in [2.05, 4.69) is 50.0 Å². The standard InChI is InChI=1S/C14H23BrN4/c1-3-7-16-13-12(15)14(18-10-17-13)19-8-4-5-11(2)6-9-19/h10-11H,3-9H2,1-2H3,(H,16,17,18). The van der Waals surface area contributed by atoms with E-state index >= 15 is 0 Å². The molecule has 106 valence electrons. The van der Waals surface area contributed by atoms with Crippen LogP contribution in [-0.4, -0.2) is 29.6 Å².